The predicted molar refractivity (Wildman–Crippen MR) is 153 cm³/mol. The number of nitrogens with zero attached hydrogens (tertiary/aromatic N) is 2. The molecule has 0 bridgehead atoms. The van der Waals surface area contributed by atoms with E-state index in [2.05, 4.69) is 5.32 Å². The van der Waals surface area contributed by atoms with E-state index in [1.54, 1.807) is 32.0 Å². The summed E-state index contributed by atoms with van der Waals surface area (Å²) in [5.41, 5.74) is 1.50. The van der Waals surface area contributed by atoms with Crippen LogP contribution in [0.2, 0.25) is 5.02 Å². The van der Waals surface area contributed by atoms with Gasteiger partial charge in [-0.05, 0) is 68.3 Å². The summed E-state index contributed by atoms with van der Waals surface area (Å²) in [7, 11) is -2.91. The largest absolute Gasteiger partial charge is 0.495 e. The zero-order valence-corrected chi connectivity index (χ0v) is 24.4. The van der Waals surface area contributed by atoms with Gasteiger partial charge in [0.05, 0.1) is 17.7 Å². The van der Waals surface area contributed by atoms with Crippen molar-refractivity contribution in [2.45, 2.75) is 44.7 Å². The van der Waals surface area contributed by atoms with Crippen molar-refractivity contribution in [1.29, 1.82) is 0 Å². The summed E-state index contributed by atoms with van der Waals surface area (Å²) in [5.74, 6) is -1.27. The maximum absolute atomic E-state index is 14.0. The van der Waals surface area contributed by atoms with E-state index in [-0.39, 0.29) is 40.2 Å². The molecule has 8 nitrogen and oxygen atoms in total. The fourth-order valence-electron chi connectivity index (χ4n) is 4.21. The molecule has 11 heteroatoms. The first-order valence-electron chi connectivity index (χ1n) is 12.8. The molecule has 0 aliphatic carbocycles. The van der Waals surface area contributed by atoms with E-state index in [0.29, 0.717) is 12.1 Å². The molecule has 1 N–H and O–H groups in total. The Hall–Kier alpha value is -3.63. The molecule has 0 aliphatic rings. The molecule has 0 aliphatic heterocycles. The van der Waals surface area contributed by atoms with Crippen molar-refractivity contribution in [1.82, 2.24) is 10.2 Å². The number of hydrogen-bond donors (Lipinski definition) is 1. The summed E-state index contributed by atoms with van der Waals surface area (Å²) in [6.45, 7) is 5.01. The average Bonchev–Trinajstić information content (AvgIpc) is 2.92. The second-order valence-corrected chi connectivity index (χ2v) is 11.4. The number of nitrogens with one attached hydrogen (secondary N) is 1. The first-order chi connectivity index (χ1) is 19.0. The summed E-state index contributed by atoms with van der Waals surface area (Å²) in [6, 6.07) is 15.3. The molecule has 0 spiro atoms. The number of amides is 2. The van der Waals surface area contributed by atoms with Crippen LogP contribution < -0.4 is 14.4 Å². The minimum Gasteiger partial charge on any atom is -0.495 e. The van der Waals surface area contributed by atoms with Gasteiger partial charge in [-0.3, -0.25) is 13.9 Å². The normalized spacial score (nSPS) is 11.9. The van der Waals surface area contributed by atoms with Gasteiger partial charge in [-0.1, -0.05) is 48.4 Å². The molecular formula is C29H33ClFN3O5S. The Kier molecular flexibility index (Phi) is 10.5. The molecule has 3 rings (SSSR count). The molecule has 3 aromatic rings. The Morgan fingerprint density at radius 1 is 1.02 bits per heavy atom. The summed E-state index contributed by atoms with van der Waals surface area (Å²) < 4.78 is 47.9. The van der Waals surface area contributed by atoms with Crippen LogP contribution in [-0.4, -0.2) is 51.4 Å². The Balaban J connectivity index is 2.12. The molecule has 2 amide bonds. The van der Waals surface area contributed by atoms with Gasteiger partial charge in [0.25, 0.3) is 10.0 Å². The number of anilines is 1. The number of methoxy groups -OCH3 is 1. The molecule has 0 unspecified atom stereocenters. The van der Waals surface area contributed by atoms with Crippen molar-refractivity contribution in [3.05, 3.63) is 88.7 Å². The third kappa shape index (κ3) is 7.31. The lowest BCUT2D eigenvalue weighted by Gasteiger charge is -2.33. The standard InChI is InChI=1S/C29H33ClFN3O5S/c1-5-25(29(36)32-6-2)33(18-21-9-12-23(31)13-10-21)28(35)19-34(26-17-22(30)11-16-27(26)39-4)40(37,38)24-14-7-20(3)8-15-24/h7-17,25H,5-6,18-19H2,1-4H3,(H,32,36)/t25-/m0/s1. The van der Waals surface area contributed by atoms with Crippen LogP contribution in [0.5, 0.6) is 5.75 Å². The van der Waals surface area contributed by atoms with E-state index < -0.39 is 34.3 Å². The molecule has 0 heterocycles. The van der Waals surface area contributed by atoms with Crippen LogP contribution in [-0.2, 0) is 26.2 Å². The topological polar surface area (TPSA) is 96.0 Å². The van der Waals surface area contributed by atoms with E-state index >= 15 is 0 Å². The maximum atomic E-state index is 14.0. The van der Waals surface area contributed by atoms with Gasteiger partial charge in [0.15, 0.2) is 0 Å². The predicted octanol–water partition coefficient (Wildman–Crippen LogP) is 4.93. The van der Waals surface area contributed by atoms with E-state index in [1.165, 1.54) is 60.5 Å². The van der Waals surface area contributed by atoms with Crippen LogP contribution >= 0.6 is 11.6 Å². The highest BCUT2D eigenvalue weighted by atomic mass is 35.5. The molecule has 0 aromatic heterocycles. The van der Waals surface area contributed by atoms with Crippen molar-refractivity contribution >= 4 is 39.1 Å². The smallest absolute Gasteiger partial charge is 0.264 e. The van der Waals surface area contributed by atoms with Gasteiger partial charge in [0.1, 0.15) is 24.2 Å². The third-order valence-electron chi connectivity index (χ3n) is 6.30. The van der Waals surface area contributed by atoms with Gasteiger partial charge in [0, 0.05) is 18.1 Å². The molecule has 0 radical (unpaired) electrons. The number of ether oxygens (including phenoxy) is 1. The molecular weight excluding hydrogens is 557 g/mol. The number of hydrogen-bond acceptors (Lipinski definition) is 5. The Bertz CT molecular complexity index is 1430. The molecule has 0 saturated carbocycles. The molecule has 0 saturated heterocycles. The lowest BCUT2D eigenvalue weighted by Crippen LogP contribution is -2.52. The number of halogens is 2. The Morgan fingerprint density at radius 2 is 1.68 bits per heavy atom. The molecule has 214 valence electrons. The van der Waals surface area contributed by atoms with Crippen molar-refractivity contribution in [3.8, 4) is 5.75 Å². The van der Waals surface area contributed by atoms with Crippen molar-refractivity contribution in [2.75, 3.05) is 24.5 Å². The quantitative estimate of drug-likeness (QED) is 0.323. The van der Waals surface area contributed by atoms with Gasteiger partial charge < -0.3 is 15.0 Å². The van der Waals surface area contributed by atoms with E-state index in [9.17, 15) is 22.4 Å². The lowest BCUT2D eigenvalue weighted by molar-refractivity contribution is -0.140. The number of carbonyl (C=O) groups excluding carboxylic acids is 2. The van der Waals surface area contributed by atoms with Crippen molar-refractivity contribution in [3.63, 3.8) is 0 Å². The fraction of sp³-hybridized carbons (Fsp3) is 0.310. The molecule has 3 aromatic carbocycles. The van der Waals surface area contributed by atoms with E-state index in [4.69, 9.17) is 16.3 Å². The molecule has 40 heavy (non-hydrogen) atoms. The zero-order valence-electron chi connectivity index (χ0n) is 22.9. The number of benzene rings is 3. The number of likely N-dealkylation sites (N-methyl/N-ethyl adjacent to an activating group) is 1. The second kappa shape index (κ2) is 13.6. The molecule has 1 atom stereocenters. The number of carbonyl (C=O) groups is 2. The first kappa shape index (κ1) is 30.9. The Labute approximate surface area is 239 Å². The van der Waals surface area contributed by atoms with Gasteiger partial charge in [-0.15, -0.1) is 0 Å². The minimum atomic E-state index is -4.29. The number of rotatable bonds is 12. The number of aryl methyl sites for hydroxylation is 1. The maximum Gasteiger partial charge on any atom is 0.264 e. The summed E-state index contributed by atoms with van der Waals surface area (Å²) in [5, 5.41) is 2.98. The van der Waals surface area contributed by atoms with Gasteiger partial charge in [0.2, 0.25) is 11.8 Å². The van der Waals surface area contributed by atoms with Gasteiger partial charge >= 0.3 is 0 Å². The number of sulfonamides is 1. The Morgan fingerprint density at radius 3 is 2.25 bits per heavy atom. The SMILES string of the molecule is CCNC(=O)[C@H](CC)N(Cc1ccc(F)cc1)C(=O)CN(c1cc(Cl)ccc1OC)S(=O)(=O)c1ccc(C)cc1. The highest BCUT2D eigenvalue weighted by Gasteiger charge is 2.34. The van der Waals surface area contributed by atoms with Crippen LogP contribution in [0.3, 0.4) is 0 Å². The van der Waals surface area contributed by atoms with Crippen LogP contribution in [0.15, 0.2) is 71.6 Å². The highest BCUT2D eigenvalue weighted by molar-refractivity contribution is 7.92. The summed E-state index contributed by atoms with van der Waals surface area (Å²) in [4.78, 5) is 28.3. The fourth-order valence-corrected chi connectivity index (χ4v) is 5.79. The van der Waals surface area contributed by atoms with Gasteiger partial charge in [-0.25, -0.2) is 12.8 Å². The summed E-state index contributed by atoms with van der Waals surface area (Å²) in [6.07, 6.45) is 0.268. The van der Waals surface area contributed by atoms with Crippen LogP contribution in [0.25, 0.3) is 0 Å². The minimum absolute atomic E-state index is 0.0335. The van der Waals surface area contributed by atoms with E-state index in [1.807, 2.05) is 6.92 Å². The monoisotopic (exact) mass is 589 g/mol. The first-order valence-corrected chi connectivity index (χ1v) is 14.6. The van der Waals surface area contributed by atoms with Crippen LogP contribution in [0, 0.1) is 12.7 Å². The van der Waals surface area contributed by atoms with Crippen molar-refractivity contribution in [2.24, 2.45) is 0 Å². The lowest BCUT2D eigenvalue weighted by atomic mass is 10.1. The zero-order chi connectivity index (χ0) is 29.4. The molecule has 0 fully saturated rings. The van der Waals surface area contributed by atoms with Crippen molar-refractivity contribution < 1.29 is 27.1 Å². The third-order valence-corrected chi connectivity index (χ3v) is 8.31. The van der Waals surface area contributed by atoms with Crippen LogP contribution in [0.4, 0.5) is 10.1 Å². The van der Waals surface area contributed by atoms with E-state index in [0.717, 1.165) is 9.87 Å². The highest BCUT2D eigenvalue weighted by Crippen LogP contribution is 2.35. The summed E-state index contributed by atoms with van der Waals surface area (Å²) >= 11 is 6.25. The average molecular weight is 590 g/mol. The van der Waals surface area contributed by atoms with Crippen LogP contribution in [0.1, 0.15) is 31.4 Å². The van der Waals surface area contributed by atoms with Gasteiger partial charge in [-0.2, -0.15) is 0 Å². The second-order valence-electron chi connectivity index (χ2n) is 9.11.